The highest BCUT2D eigenvalue weighted by molar-refractivity contribution is 6.32. The number of carbonyl (C=O) groups is 2. The second-order valence-corrected chi connectivity index (χ2v) is 11.0. The van der Waals surface area contributed by atoms with E-state index in [0.717, 1.165) is 17.5 Å². The van der Waals surface area contributed by atoms with Gasteiger partial charge in [-0.3, -0.25) is 9.78 Å². The number of imide groups is 1. The summed E-state index contributed by atoms with van der Waals surface area (Å²) in [5.74, 6) is -1.09. The molecular formula is C28H30ClFN4O5. The Kier molecular flexibility index (Phi) is 7.26. The molecule has 0 bridgehead atoms. The summed E-state index contributed by atoms with van der Waals surface area (Å²) in [6.07, 6.45) is 3.26. The van der Waals surface area contributed by atoms with Gasteiger partial charge in [0.05, 0.1) is 47.1 Å². The van der Waals surface area contributed by atoms with Gasteiger partial charge in [0.25, 0.3) is 5.91 Å². The molecule has 2 aromatic heterocycles. The maximum absolute atomic E-state index is 15.1. The number of para-hydroxylation sites is 1. The fourth-order valence-corrected chi connectivity index (χ4v) is 5.14. The fourth-order valence-electron chi connectivity index (χ4n) is 4.89. The van der Waals surface area contributed by atoms with Crippen LogP contribution in [0.2, 0.25) is 5.02 Å². The molecule has 2 aliphatic heterocycles. The lowest BCUT2D eigenvalue weighted by atomic mass is 9.88. The van der Waals surface area contributed by atoms with Crippen LogP contribution in [0.4, 0.5) is 20.6 Å². The molecule has 2 unspecified atom stereocenters. The molecule has 5 rings (SSSR count). The van der Waals surface area contributed by atoms with Crippen LogP contribution < -0.4 is 10.1 Å². The number of amides is 2. The first kappa shape index (κ1) is 27.0. The van der Waals surface area contributed by atoms with Crippen molar-refractivity contribution in [2.45, 2.75) is 51.2 Å². The molecule has 1 saturated heterocycles. The molecule has 2 aliphatic rings. The average Bonchev–Trinajstić information content (AvgIpc) is 3.21. The molecule has 2 atom stereocenters. The van der Waals surface area contributed by atoms with Crippen molar-refractivity contribution < 1.29 is 28.2 Å². The summed E-state index contributed by atoms with van der Waals surface area (Å²) in [6, 6.07) is 6.65. The predicted octanol–water partition coefficient (Wildman–Crippen LogP) is 6.27. The van der Waals surface area contributed by atoms with Crippen LogP contribution in [0.1, 0.15) is 55.6 Å². The molecule has 2 N–H and O–H groups in total. The zero-order valence-corrected chi connectivity index (χ0v) is 22.9. The van der Waals surface area contributed by atoms with Gasteiger partial charge in [0.15, 0.2) is 11.6 Å². The number of anilines is 2. The highest BCUT2D eigenvalue weighted by Gasteiger charge is 2.43. The second kappa shape index (κ2) is 10.5. The van der Waals surface area contributed by atoms with Gasteiger partial charge >= 0.3 is 6.09 Å². The molecule has 11 heteroatoms. The number of rotatable bonds is 6. The maximum atomic E-state index is 15.1. The van der Waals surface area contributed by atoms with E-state index >= 15 is 4.39 Å². The summed E-state index contributed by atoms with van der Waals surface area (Å²) in [5.41, 5.74) is 1.29. The van der Waals surface area contributed by atoms with E-state index in [0.29, 0.717) is 40.9 Å². The predicted molar refractivity (Wildman–Crippen MR) is 144 cm³/mol. The Labute approximate surface area is 230 Å². The minimum Gasteiger partial charge on any atom is -0.493 e. The van der Waals surface area contributed by atoms with Crippen molar-refractivity contribution in [3.8, 4) is 17.0 Å². The molecule has 39 heavy (non-hydrogen) atoms. The van der Waals surface area contributed by atoms with E-state index in [9.17, 15) is 9.59 Å². The first-order chi connectivity index (χ1) is 18.6. The summed E-state index contributed by atoms with van der Waals surface area (Å²) in [7, 11) is 1.48. The van der Waals surface area contributed by atoms with Gasteiger partial charge in [0.1, 0.15) is 5.60 Å². The van der Waals surface area contributed by atoms with Gasteiger partial charge < -0.3 is 24.5 Å². The lowest BCUT2D eigenvalue weighted by Gasteiger charge is -2.36. The molecule has 0 saturated carbocycles. The molecule has 0 aliphatic carbocycles. The van der Waals surface area contributed by atoms with Crippen molar-refractivity contribution in [2.24, 2.45) is 0 Å². The highest BCUT2D eigenvalue weighted by Crippen LogP contribution is 2.45. The maximum Gasteiger partial charge on any atom is 0.417 e. The quantitative estimate of drug-likeness (QED) is 0.368. The SMILES string of the molecule is COc1c(Cl)cccc1Nc1c(-c2ccncc2F)[nH]c2c1C(=O)N(C(=O)OC(C)(C)C)CC2CC1CCO1. The lowest BCUT2D eigenvalue weighted by molar-refractivity contribution is -0.0599. The number of fused-ring (bicyclic) bond motifs is 1. The lowest BCUT2D eigenvalue weighted by Crippen LogP contribution is -2.47. The number of aromatic nitrogens is 2. The van der Waals surface area contributed by atoms with Crippen LogP contribution in [-0.4, -0.2) is 58.8 Å². The summed E-state index contributed by atoms with van der Waals surface area (Å²) >= 11 is 6.36. The Hall–Kier alpha value is -3.63. The molecule has 1 fully saturated rings. The van der Waals surface area contributed by atoms with Gasteiger partial charge in [-0.05, 0) is 51.8 Å². The first-order valence-corrected chi connectivity index (χ1v) is 13.1. The number of hydrogen-bond donors (Lipinski definition) is 2. The fraction of sp³-hybridized carbons (Fsp3) is 0.393. The van der Waals surface area contributed by atoms with Crippen LogP contribution in [0.3, 0.4) is 0 Å². The number of benzene rings is 1. The van der Waals surface area contributed by atoms with E-state index in [1.807, 2.05) is 0 Å². The van der Waals surface area contributed by atoms with Crippen LogP contribution in [-0.2, 0) is 9.47 Å². The molecule has 9 nitrogen and oxygen atoms in total. The number of aromatic amines is 1. The Morgan fingerprint density at radius 1 is 1.33 bits per heavy atom. The van der Waals surface area contributed by atoms with E-state index in [4.69, 9.17) is 25.8 Å². The number of H-pyrrole nitrogens is 1. The van der Waals surface area contributed by atoms with Crippen LogP contribution in [0.25, 0.3) is 11.3 Å². The number of nitrogens with one attached hydrogen (secondary N) is 2. The van der Waals surface area contributed by atoms with E-state index in [1.165, 1.54) is 19.4 Å². The number of methoxy groups -OCH3 is 1. The number of halogens is 2. The zero-order valence-electron chi connectivity index (χ0n) is 22.1. The summed E-state index contributed by atoms with van der Waals surface area (Å²) in [6.45, 7) is 5.98. The van der Waals surface area contributed by atoms with E-state index in [2.05, 4.69) is 15.3 Å². The summed E-state index contributed by atoms with van der Waals surface area (Å²) < 4.78 is 31.8. The zero-order chi connectivity index (χ0) is 27.9. The summed E-state index contributed by atoms with van der Waals surface area (Å²) in [5, 5.41) is 3.60. The molecule has 2 amide bonds. The average molecular weight is 557 g/mol. The van der Waals surface area contributed by atoms with Gasteiger partial charge in [0, 0.05) is 36.5 Å². The monoisotopic (exact) mass is 556 g/mol. The van der Waals surface area contributed by atoms with E-state index in [1.54, 1.807) is 39.0 Å². The molecule has 0 spiro atoms. The number of carbonyl (C=O) groups excluding carboxylic acids is 2. The molecule has 0 radical (unpaired) electrons. The third-order valence-corrected chi connectivity index (χ3v) is 7.02. The van der Waals surface area contributed by atoms with Gasteiger partial charge in [-0.1, -0.05) is 17.7 Å². The van der Waals surface area contributed by atoms with Crippen molar-refractivity contribution in [3.05, 3.63) is 58.8 Å². The van der Waals surface area contributed by atoms with Crippen molar-refractivity contribution in [3.63, 3.8) is 0 Å². The molecule has 206 valence electrons. The Morgan fingerprint density at radius 2 is 2.10 bits per heavy atom. The van der Waals surface area contributed by atoms with E-state index < -0.39 is 23.4 Å². The van der Waals surface area contributed by atoms with Crippen molar-refractivity contribution in [1.29, 1.82) is 0 Å². The second-order valence-electron chi connectivity index (χ2n) is 10.6. The molecular weight excluding hydrogens is 527 g/mol. The van der Waals surface area contributed by atoms with Crippen molar-refractivity contribution in [1.82, 2.24) is 14.9 Å². The van der Waals surface area contributed by atoms with Crippen molar-refractivity contribution in [2.75, 3.05) is 25.6 Å². The van der Waals surface area contributed by atoms with Gasteiger partial charge in [-0.2, -0.15) is 0 Å². The smallest absolute Gasteiger partial charge is 0.417 e. The third-order valence-electron chi connectivity index (χ3n) is 6.73. The van der Waals surface area contributed by atoms with Gasteiger partial charge in [0.2, 0.25) is 0 Å². The summed E-state index contributed by atoms with van der Waals surface area (Å²) in [4.78, 5) is 35.5. The Bertz CT molecular complexity index is 1420. The number of hydrogen-bond acceptors (Lipinski definition) is 7. The van der Waals surface area contributed by atoms with Crippen LogP contribution in [0.15, 0.2) is 36.7 Å². The van der Waals surface area contributed by atoms with Crippen molar-refractivity contribution >= 4 is 35.0 Å². The standard InChI is InChI=1S/C28H30ClFN4O5/c1-28(2,3)39-27(36)34-14-15(12-16-9-11-38-16)22-21(26(34)35)24(23(33-22)17-8-10-31-13-19(17)30)32-20-7-5-6-18(29)25(20)37-4/h5-8,10,13,15-16,32-33H,9,11-12,14H2,1-4H3. The van der Waals surface area contributed by atoms with Crippen LogP contribution in [0.5, 0.6) is 5.75 Å². The van der Waals surface area contributed by atoms with E-state index in [-0.39, 0.29) is 35.4 Å². The minimum absolute atomic E-state index is 0.00890. The van der Waals surface area contributed by atoms with Crippen LogP contribution in [0, 0.1) is 5.82 Å². The number of pyridine rings is 1. The largest absolute Gasteiger partial charge is 0.493 e. The Balaban J connectivity index is 1.69. The number of nitrogens with zero attached hydrogens (tertiary/aromatic N) is 2. The molecule has 4 heterocycles. The first-order valence-electron chi connectivity index (χ1n) is 12.7. The van der Waals surface area contributed by atoms with Gasteiger partial charge in [-0.15, -0.1) is 0 Å². The molecule has 3 aromatic rings. The highest BCUT2D eigenvalue weighted by atomic mass is 35.5. The Morgan fingerprint density at radius 3 is 2.74 bits per heavy atom. The normalized spacial score (nSPS) is 18.8. The molecule has 1 aromatic carbocycles. The van der Waals surface area contributed by atoms with Crippen LogP contribution >= 0.6 is 11.6 Å². The topological polar surface area (TPSA) is 106 Å². The minimum atomic E-state index is -0.803. The third kappa shape index (κ3) is 5.31. The van der Waals surface area contributed by atoms with Gasteiger partial charge in [-0.25, -0.2) is 14.1 Å². The number of ether oxygens (including phenoxy) is 3.